The highest BCUT2D eigenvalue weighted by molar-refractivity contribution is 9.10. The molecule has 0 spiro atoms. The van der Waals surface area contributed by atoms with E-state index in [1.807, 2.05) is 26.0 Å². The average Bonchev–Trinajstić information content (AvgIpc) is 2.81. The fourth-order valence-electron chi connectivity index (χ4n) is 1.80. The average molecular weight is 373 g/mol. The van der Waals surface area contributed by atoms with Gasteiger partial charge >= 0.3 is 0 Å². The third kappa shape index (κ3) is 3.87. The van der Waals surface area contributed by atoms with Gasteiger partial charge in [-0.2, -0.15) is 0 Å². The van der Waals surface area contributed by atoms with Crippen molar-refractivity contribution >= 4 is 31.6 Å². The summed E-state index contributed by atoms with van der Waals surface area (Å²) in [5, 5.41) is 3.09. The van der Waals surface area contributed by atoms with Crippen molar-refractivity contribution in [3.05, 3.63) is 46.3 Å². The second-order valence-corrected chi connectivity index (χ2v) is 6.92. The maximum atomic E-state index is 12.4. The quantitative estimate of drug-likeness (QED) is 0.816. The monoisotopic (exact) mass is 372 g/mol. The van der Waals surface area contributed by atoms with Crippen LogP contribution in [0.3, 0.4) is 0 Å². The Labute approximate surface area is 132 Å². The lowest BCUT2D eigenvalue weighted by Gasteiger charge is -2.08. The van der Waals surface area contributed by atoms with E-state index < -0.39 is 10.0 Å². The number of benzene rings is 1. The Morgan fingerprint density at radius 2 is 2.00 bits per heavy atom. The molecule has 2 aromatic rings. The molecule has 0 aliphatic carbocycles. The van der Waals surface area contributed by atoms with Gasteiger partial charge in [-0.25, -0.2) is 8.42 Å². The van der Waals surface area contributed by atoms with Crippen LogP contribution in [0, 0.1) is 6.92 Å². The summed E-state index contributed by atoms with van der Waals surface area (Å²) in [7, 11) is -3.69. The van der Waals surface area contributed by atoms with Gasteiger partial charge in [-0.1, -0.05) is 25.1 Å². The number of hydrogen-bond acceptors (Lipinski definition) is 4. The van der Waals surface area contributed by atoms with E-state index in [0.29, 0.717) is 18.0 Å². The van der Waals surface area contributed by atoms with E-state index in [4.69, 9.17) is 4.42 Å². The zero-order valence-electron chi connectivity index (χ0n) is 11.8. The summed E-state index contributed by atoms with van der Waals surface area (Å²) in [6, 6.07) is 8.73. The van der Waals surface area contributed by atoms with Crippen LogP contribution in [-0.2, 0) is 16.6 Å². The molecular weight excluding hydrogens is 356 g/mol. The molecule has 0 radical (unpaired) electrons. The molecule has 0 atom stereocenters. The van der Waals surface area contributed by atoms with E-state index >= 15 is 0 Å². The van der Waals surface area contributed by atoms with Crippen LogP contribution in [0.5, 0.6) is 0 Å². The Balaban J connectivity index is 2.27. The van der Waals surface area contributed by atoms with Crippen molar-refractivity contribution in [2.45, 2.75) is 25.3 Å². The molecule has 2 rings (SSSR count). The van der Waals surface area contributed by atoms with Crippen LogP contribution in [-0.4, -0.2) is 15.0 Å². The normalized spacial score (nSPS) is 11.6. The maximum absolute atomic E-state index is 12.4. The van der Waals surface area contributed by atoms with Gasteiger partial charge < -0.3 is 9.73 Å². The first-order valence-corrected chi connectivity index (χ1v) is 8.79. The Morgan fingerprint density at radius 3 is 2.67 bits per heavy atom. The van der Waals surface area contributed by atoms with E-state index in [1.54, 1.807) is 12.1 Å². The highest BCUT2D eigenvalue weighted by Crippen LogP contribution is 2.28. The lowest BCUT2D eigenvalue weighted by atomic mass is 10.2. The van der Waals surface area contributed by atoms with Crippen molar-refractivity contribution in [2.75, 3.05) is 11.3 Å². The van der Waals surface area contributed by atoms with Crippen molar-refractivity contribution < 1.29 is 12.8 Å². The molecule has 0 bridgehead atoms. The zero-order chi connectivity index (χ0) is 15.5. The molecule has 0 aliphatic rings. The maximum Gasteiger partial charge on any atom is 0.266 e. The standard InChI is InChI=1S/C14H17BrN2O3S/c1-3-16-9-11-8-13(14(15)20-11)21(18,19)17-12-7-5-4-6-10(12)2/h4-8,16-17H,3,9H2,1-2H3. The minimum absolute atomic E-state index is 0.0960. The summed E-state index contributed by atoms with van der Waals surface area (Å²) in [6.07, 6.45) is 0. The van der Waals surface area contributed by atoms with Gasteiger partial charge in [0.1, 0.15) is 10.7 Å². The third-order valence-electron chi connectivity index (χ3n) is 2.93. The number of hydrogen-bond donors (Lipinski definition) is 2. The van der Waals surface area contributed by atoms with Crippen LogP contribution >= 0.6 is 15.9 Å². The summed E-state index contributed by atoms with van der Waals surface area (Å²) < 4.78 is 33.1. The first-order chi connectivity index (χ1) is 9.94. The topological polar surface area (TPSA) is 71.3 Å². The van der Waals surface area contributed by atoms with Crippen LogP contribution in [0.25, 0.3) is 0 Å². The molecule has 1 heterocycles. The molecular formula is C14H17BrN2O3S. The van der Waals surface area contributed by atoms with Gasteiger partial charge in [0.15, 0.2) is 4.67 Å². The van der Waals surface area contributed by atoms with Crippen molar-refractivity contribution in [1.29, 1.82) is 0 Å². The molecule has 2 N–H and O–H groups in total. The summed E-state index contributed by atoms with van der Waals surface area (Å²) in [6.45, 7) is 5.07. The smallest absolute Gasteiger partial charge is 0.266 e. The molecule has 0 fully saturated rings. The fourth-order valence-corrected chi connectivity index (χ4v) is 3.93. The summed E-state index contributed by atoms with van der Waals surface area (Å²) in [5.41, 5.74) is 1.41. The molecule has 5 nitrogen and oxygen atoms in total. The lowest BCUT2D eigenvalue weighted by Crippen LogP contribution is -2.14. The van der Waals surface area contributed by atoms with Crippen LogP contribution in [0.1, 0.15) is 18.2 Å². The predicted octanol–water partition coefficient (Wildman–Crippen LogP) is 3.26. The summed E-state index contributed by atoms with van der Waals surface area (Å²) in [4.78, 5) is 0.0960. The van der Waals surface area contributed by atoms with Crippen LogP contribution in [0.4, 0.5) is 5.69 Å². The second-order valence-electron chi connectivity index (χ2n) is 4.55. The highest BCUT2D eigenvalue weighted by Gasteiger charge is 2.23. The molecule has 0 aliphatic heterocycles. The van der Waals surface area contributed by atoms with E-state index in [2.05, 4.69) is 26.0 Å². The number of furan rings is 1. The molecule has 1 aromatic carbocycles. The van der Waals surface area contributed by atoms with Crippen molar-refractivity contribution in [1.82, 2.24) is 5.32 Å². The largest absolute Gasteiger partial charge is 0.451 e. The molecule has 0 saturated carbocycles. The Kier molecular flexibility index (Phi) is 5.08. The third-order valence-corrected chi connectivity index (χ3v) is 5.16. The Morgan fingerprint density at radius 1 is 1.29 bits per heavy atom. The van der Waals surface area contributed by atoms with E-state index in [0.717, 1.165) is 12.1 Å². The number of para-hydroxylation sites is 1. The number of aryl methyl sites for hydroxylation is 1. The van der Waals surface area contributed by atoms with Gasteiger partial charge in [-0.15, -0.1) is 0 Å². The number of nitrogens with one attached hydrogen (secondary N) is 2. The van der Waals surface area contributed by atoms with Gasteiger partial charge in [0.05, 0.1) is 12.2 Å². The van der Waals surface area contributed by atoms with Crippen molar-refractivity contribution in [2.24, 2.45) is 0 Å². The molecule has 7 heteroatoms. The molecule has 0 unspecified atom stereocenters. The SMILES string of the molecule is CCNCc1cc(S(=O)(=O)Nc2ccccc2C)c(Br)o1. The molecule has 0 saturated heterocycles. The minimum Gasteiger partial charge on any atom is -0.451 e. The van der Waals surface area contributed by atoms with Crippen LogP contribution in [0.15, 0.2) is 44.3 Å². The van der Waals surface area contributed by atoms with E-state index in [1.165, 1.54) is 6.07 Å². The first kappa shape index (κ1) is 16.1. The summed E-state index contributed by atoms with van der Waals surface area (Å²) in [5.74, 6) is 0.564. The van der Waals surface area contributed by atoms with Crippen LogP contribution < -0.4 is 10.0 Å². The van der Waals surface area contributed by atoms with Gasteiger partial charge in [0, 0.05) is 6.07 Å². The first-order valence-electron chi connectivity index (χ1n) is 6.51. The second kappa shape index (κ2) is 6.64. The lowest BCUT2D eigenvalue weighted by molar-refractivity contribution is 0.464. The van der Waals surface area contributed by atoms with Gasteiger partial charge in [0.25, 0.3) is 10.0 Å². The molecule has 21 heavy (non-hydrogen) atoms. The number of rotatable bonds is 6. The predicted molar refractivity (Wildman–Crippen MR) is 85.8 cm³/mol. The minimum atomic E-state index is -3.69. The Hall–Kier alpha value is -1.31. The Bertz CT molecular complexity index is 726. The number of halogens is 1. The molecule has 1 aromatic heterocycles. The number of anilines is 1. The van der Waals surface area contributed by atoms with Crippen LogP contribution in [0.2, 0.25) is 0 Å². The summed E-state index contributed by atoms with van der Waals surface area (Å²) >= 11 is 3.16. The van der Waals surface area contributed by atoms with Gasteiger partial charge in [-0.3, -0.25) is 4.72 Å². The van der Waals surface area contributed by atoms with Gasteiger partial charge in [0.2, 0.25) is 0 Å². The number of sulfonamides is 1. The van der Waals surface area contributed by atoms with Crippen molar-refractivity contribution in [3.63, 3.8) is 0 Å². The zero-order valence-corrected chi connectivity index (χ0v) is 14.2. The van der Waals surface area contributed by atoms with E-state index in [9.17, 15) is 8.42 Å². The molecule has 114 valence electrons. The molecule has 0 amide bonds. The van der Waals surface area contributed by atoms with E-state index in [-0.39, 0.29) is 9.56 Å². The van der Waals surface area contributed by atoms with Gasteiger partial charge in [-0.05, 0) is 41.0 Å². The fraction of sp³-hybridized carbons (Fsp3) is 0.286. The van der Waals surface area contributed by atoms with Crippen molar-refractivity contribution in [3.8, 4) is 0 Å². The highest BCUT2D eigenvalue weighted by atomic mass is 79.9.